The van der Waals surface area contributed by atoms with Gasteiger partial charge < -0.3 is 11.1 Å². The van der Waals surface area contributed by atoms with Crippen molar-refractivity contribution in [1.29, 1.82) is 5.26 Å². The smallest absolute Gasteiger partial charge is 0.241 e. The molecule has 0 aliphatic carbocycles. The van der Waals surface area contributed by atoms with Crippen molar-refractivity contribution in [1.82, 2.24) is 0 Å². The summed E-state index contributed by atoms with van der Waals surface area (Å²) < 4.78 is 0. The first-order valence-corrected chi connectivity index (χ1v) is 6.13. The molecule has 0 aliphatic heterocycles. The Labute approximate surface area is 112 Å². The first kappa shape index (κ1) is 14.5. The lowest BCUT2D eigenvalue weighted by atomic mass is 9.99. The Kier molecular flexibility index (Phi) is 5.14. The van der Waals surface area contributed by atoms with Gasteiger partial charge in [0, 0.05) is 5.69 Å². The third kappa shape index (κ3) is 3.46. The number of hydrogen-bond donors (Lipinski definition) is 2. The van der Waals surface area contributed by atoms with E-state index in [2.05, 4.69) is 5.32 Å². The van der Waals surface area contributed by atoms with Crippen molar-refractivity contribution in [2.24, 2.45) is 11.7 Å². The summed E-state index contributed by atoms with van der Waals surface area (Å²) in [5, 5.41) is 11.7. The molecule has 0 saturated carbocycles. The minimum absolute atomic E-state index is 0.110. The number of halogens is 1. The molecule has 0 saturated heterocycles. The summed E-state index contributed by atoms with van der Waals surface area (Å²) in [5.41, 5.74) is 6.74. The maximum atomic E-state index is 11.8. The fourth-order valence-corrected chi connectivity index (χ4v) is 1.64. The van der Waals surface area contributed by atoms with Gasteiger partial charge in [0.15, 0.2) is 0 Å². The van der Waals surface area contributed by atoms with Gasteiger partial charge in [0.25, 0.3) is 0 Å². The monoisotopic (exact) mass is 265 g/mol. The minimum atomic E-state index is -0.551. The number of carbonyl (C=O) groups excluding carboxylic acids is 1. The van der Waals surface area contributed by atoms with E-state index in [1.807, 2.05) is 19.9 Å². The van der Waals surface area contributed by atoms with E-state index in [-0.39, 0.29) is 11.8 Å². The van der Waals surface area contributed by atoms with Crippen LogP contribution >= 0.6 is 11.6 Å². The predicted octanol–water partition coefficient (Wildman–Crippen LogP) is 2.52. The SMILES string of the molecule is CCC(C)C(N)C(=O)Nc1ccc(C#N)c(Cl)c1. The molecule has 96 valence electrons. The van der Waals surface area contributed by atoms with Crippen LogP contribution in [0.15, 0.2) is 18.2 Å². The van der Waals surface area contributed by atoms with Crippen molar-refractivity contribution < 1.29 is 4.79 Å². The zero-order valence-electron chi connectivity index (χ0n) is 10.4. The van der Waals surface area contributed by atoms with Gasteiger partial charge in [-0.05, 0) is 24.1 Å². The summed E-state index contributed by atoms with van der Waals surface area (Å²) >= 11 is 5.88. The number of nitrogens with zero attached hydrogens (tertiary/aromatic N) is 1. The van der Waals surface area contributed by atoms with Crippen molar-refractivity contribution in [3.63, 3.8) is 0 Å². The van der Waals surface area contributed by atoms with E-state index in [0.29, 0.717) is 16.3 Å². The zero-order chi connectivity index (χ0) is 13.7. The number of rotatable bonds is 4. The third-order valence-electron chi connectivity index (χ3n) is 2.92. The van der Waals surface area contributed by atoms with Crippen LogP contribution in [0.2, 0.25) is 5.02 Å². The normalized spacial score (nSPS) is 13.5. The Morgan fingerprint density at radius 1 is 1.61 bits per heavy atom. The second-order valence-corrected chi connectivity index (χ2v) is 4.61. The van der Waals surface area contributed by atoms with Crippen LogP contribution in [0.4, 0.5) is 5.69 Å². The van der Waals surface area contributed by atoms with E-state index in [1.165, 1.54) is 0 Å². The number of nitriles is 1. The lowest BCUT2D eigenvalue weighted by Crippen LogP contribution is -2.40. The summed E-state index contributed by atoms with van der Waals surface area (Å²) in [6.07, 6.45) is 0.836. The van der Waals surface area contributed by atoms with Crippen molar-refractivity contribution in [3.05, 3.63) is 28.8 Å². The minimum Gasteiger partial charge on any atom is -0.325 e. The number of benzene rings is 1. The fourth-order valence-electron chi connectivity index (χ4n) is 1.42. The zero-order valence-corrected chi connectivity index (χ0v) is 11.2. The number of nitrogens with one attached hydrogen (secondary N) is 1. The highest BCUT2D eigenvalue weighted by Gasteiger charge is 2.19. The van der Waals surface area contributed by atoms with Gasteiger partial charge in [0.2, 0.25) is 5.91 Å². The number of anilines is 1. The Morgan fingerprint density at radius 2 is 2.28 bits per heavy atom. The molecule has 2 atom stereocenters. The summed E-state index contributed by atoms with van der Waals surface area (Å²) in [5.74, 6) is -0.135. The Morgan fingerprint density at radius 3 is 2.78 bits per heavy atom. The van der Waals surface area contributed by atoms with Crippen molar-refractivity contribution in [2.75, 3.05) is 5.32 Å². The van der Waals surface area contributed by atoms with Gasteiger partial charge in [0.1, 0.15) is 6.07 Å². The van der Waals surface area contributed by atoms with Crippen LogP contribution in [-0.2, 0) is 4.79 Å². The number of nitrogens with two attached hydrogens (primary N) is 1. The van der Waals surface area contributed by atoms with E-state index in [0.717, 1.165) is 6.42 Å². The largest absolute Gasteiger partial charge is 0.325 e. The van der Waals surface area contributed by atoms with Gasteiger partial charge in [-0.3, -0.25) is 4.79 Å². The predicted molar refractivity (Wildman–Crippen MR) is 72.2 cm³/mol. The average Bonchev–Trinajstić information content (AvgIpc) is 2.37. The van der Waals surface area contributed by atoms with Crippen molar-refractivity contribution in [2.45, 2.75) is 26.3 Å². The molecule has 2 unspecified atom stereocenters. The number of amides is 1. The van der Waals surface area contributed by atoms with Gasteiger partial charge in [-0.25, -0.2) is 0 Å². The summed E-state index contributed by atoms with van der Waals surface area (Å²) in [6.45, 7) is 3.91. The molecule has 1 aromatic rings. The molecule has 0 heterocycles. The maximum Gasteiger partial charge on any atom is 0.241 e. The molecular formula is C13H16ClN3O. The van der Waals surface area contributed by atoms with Gasteiger partial charge in [-0.1, -0.05) is 31.9 Å². The van der Waals surface area contributed by atoms with Crippen LogP contribution in [0.5, 0.6) is 0 Å². The van der Waals surface area contributed by atoms with E-state index in [9.17, 15) is 4.79 Å². The van der Waals surface area contributed by atoms with Crippen LogP contribution in [0.3, 0.4) is 0 Å². The maximum absolute atomic E-state index is 11.8. The van der Waals surface area contributed by atoms with Crippen molar-refractivity contribution >= 4 is 23.2 Å². The van der Waals surface area contributed by atoms with Gasteiger partial charge in [-0.2, -0.15) is 5.26 Å². The lowest BCUT2D eigenvalue weighted by Gasteiger charge is -2.17. The van der Waals surface area contributed by atoms with E-state index < -0.39 is 6.04 Å². The molecule has 0 spiro atoms. The highest BCUT2D eigenvalue weighted by molar-refractivity contribution is 6.32. The van der Waals surface area contributed by atoms with Gasteiger partial charge in [0.05, 0.1) is 16.6 Å². The van der Waals surface area contributed by atoms with Crippen LogP contribution in [0.25, 0.3) is 0 Å². The molecule has 4 nitrogen and oxygen atoms in total. The van der Waals surface area contributed by atoms with E-state index >= 15 is 0 Å². The average molecular weight is 266 g/mol. The molecule has 5 heteroatoms. The Hall–Kier alpha value is -1.57. The molecule has 1 amide bonds. The first-order chi connectivity index (χ1) is 8.49. The topological polar surface area (TPSA) is 78.9 Å². The molecular weight excluding hydrogens is 250 g/mol. The lowest BCUT2D eigenvalue weighted by molar-refractivity contribution is -0.118. The standard InChI is InChI=1S/C13H16ClN3O/c1-3-8(2)12(16)13(18)17-10-5-4-9(7-15)11(14)6-10/h4-6,8,12H,3,16H2,1-2H3,(H,17,18). The summed E-state index contributed by atoms with van der Waals surface area (Å²) in [4.78, 5) is 11.8. The van der Waals surface area contributed by atoms with E-state index in [4.69, 9.17) is 22.6 Å². The second kappa shape index (κ2) is 6.39. The first-order valence-electron chi connectivity index (χ1n) is 5.75. The Balaban J connectivity index is 2.77. The molecule has 0 bridgehead atoms. The van der Waals surface area contributed by atoms with Gasteiger partial charge in [-0.15, -0.1) is 0 Å². The number of hydrogen-bond acceptors (Lipinski definition) is 3. The molecule has 3 N–H and O–H groups in total. The van der Waals surface area contributed by atoms with Crippen LogP contribution < -0.4 is 11.1 Å². The van der Waals surface area contributed by atoms with E-state index in [1.54, 1.807) is 18.2 Å². The second-order valence-electron chi connectivity index (χ2n) is 4.21. The van der Waals surface area contributed by atoms with Crippen LogP contribution in [0.1, 0.15) is 25.8 Å². The molecule has 1 aromatic carbocycles. The van der Waals surface area contributed by atoms with Gasteiger partial charge >= 0.3 is 0 Å². The highest BCUT2D eigenvalue weighted by Crippen LogP contribution is 2.20. The molecule has 0 radical (unpaired) electrons. The van der Waals surface area contributed by atoms with Crippen LogP contribution in [0, 0.1) is 17.2 Å². The molecule has 0 fully saturated rings. The number of carbonyl (C=O) groups is 1. The van der Waals surface area contributed by atoms with Crippen LogP contribution in [-0.4, -0.2) is 11.9 Å². The Bertz CT molecular complexity index is 482. The third-order valence-corrected chi connectivity index (χ3v) is 3.23. The summed E-state index contributed by atoms with van der Waals surface area (Å²) in [7, 11) is 0. The molecule has 0 aromatic heterocycles. The fraction of sp³-hybridized carbons (Fsp3) is 0.385. The molecule has 18 heavy (non-hydrogen) atoms. The molecule has 0 aliphatic rings. The highest BCUT2D eigenvalue weighted by atomic mass is 35.5. The molecule has 1 rings (SSSR count). The quantitative estimate of drug-likeness (QED) is 0.878. The summed E-state index contributed by atoms with van der Waals surface area (Å²) in [6, 6.07) is 6.14. The van der Waals surface area contributed by atoms with Crippen molar-refractivity contribution in [3.8, 4) is 6.07 Å².